The second-order valence-electron chi connectivity index (χ2n) is 23.2. The fourth-order valence-electron chi connectivity index (χ4n) is 11.2. The van der Waals surface area contributed by atoms with E-state index in [2.05, 4.69) is 19.2 Å². The van der Waals surface area contributed by atoms with E-state index in [0.29, 0.717) is 12.8 Å². The van der Waals surface area contributed by atoms with Crippen LogP contribution in [-0.4, -0.2) is 193 Å². The summed E-state index contributed by atoms with van der Waals surface area (Å²) < 4.78 is 34.2. The number of aliphatic hydroxyl groups is 11. The van der Waals surface area contributed by atoms with E-state index in [0.717, 1.165) is 44.9 Å². The lowest BCUT2D eigenvalue weighted by molar-refractivity contribution is -0.379. The van der Waals surface area contributed by atoms with Crippen LogP contribution in [0.25, 0.3) is 0 Å². The minimum atomic E-state index is -1.97. The summed E-state index contributed by atoms with van der Waals surface area (Å²) in [4.78, 5) is 13.3. The molecule has 0 aromatic heterocycles. The van der Waals surface area contributed by atoms with Gasteiger partial charge in [-0.05, 0) is 12.8 Å². The van der Waals surface area contributed by atoms with Crippen LogP contribution in [0.4, 0.5) is 0 Å². The Labute approximate surface area is 474 Å². The molecule has 12 N–H and O–H groups in total. The largest absolute Gasteiger partial charge is 0.394 e. The van der Waals surface area contributed by atoms with Gasteiger partial charge >= 0.3 is 0 Å². The predicted molar refractivity (Wildman–Crippen MR) is 300 cm³/mol. The quantitative estimate of drug-likeness (QED) is 0.0294. The van der Waals surface area contributed by atoms with Gasteiger partial charge < -0.3 is 89.9 Å². The highest BCUT2D eigenvalue weighted by atomic mass is 16.8. The minimum Gasteiger partial charge on any atom is -0.394 e. The minimum absolute atomic E-state index is 0.241. The van der Waals surface area contributed by atoms with Crippen molar-refractivity contribution in [1.29, 1.82) is 0 Å². The molecule has 3 aliphatic heterocycles. The van der Waals surface area contributed by atoms with Gasteiger partial charge in [0, 0.05) is 6.42 Å². The molecule has 17 unspecified atom stereocenters. The zero-order valence-corrected chi connectivity index (χ0v) is 48.9. The van der Waals surface area contributed by atoms with E-state index >= 15 is 0 Å². The summed E-state index contributed by atoms with van der Waals surface area (Å²) >= 11 is 0. The van der Waals surface area contributed by atoms with Crippen LogP contribution in [0.15, 0.2) is 0 Å². The number of carbonyl (C=O) groups excluding carboxylic acids is 1. The van der Waals surface area contributed by atoms with Gasteiger partial charge in [0.15, 0.2) is 18.9 Å². The van der Waals surface area contributed by atoms with E-state index in [-0.39, 0.29) is 18.9 Å². The first kappa shape index (κ1) is 72.1. The molecular weight excluding hydrogens is 1020 g/mol. The van der Waals surface area contributed by atoms with Gasteiger partial charge in [0.05, 0.1) is 38.6 Å². The summed E-state index contributed by atoms with van der Waals surface area (Å²) in [5, 5.41) is 120. The number of aliphatic hydroxyl groups excluding tert-OH is 11. The first-order valence-corrected chi connectivity index (χ1v) is 31.8. The van der Waals surface area contributed by atoms with Crippen molar-refractivity contribution in [2.24, 2.45) is 0 Å². The molecule has 0 spiro atoms. The van der Waals surface area contributed by atoms with Gasteiger partial charge in [-0.2, -0.15) is 0 Å². The molecule has 468 valence electrons. The maximum Gasteiger partial charge on any atom is 0.220 e. The van der Waals surface area contributed by atoms with Crippen LogP contribution in [0.3, 0.4) is 0 Å². The summed E-state index contributed by atoms with van der Waals surface area (Å²) in [6.07, 6.45) is 16.6. The zero-order chi connectivity index (χ0) is 57.6. The van der Waals surface area contributed by atoms with E-state index in [1.54, 1.807) is 0 Å². The number of ether oxygens (including phenoxy) is 6. The zero-order valence-electron chi connectivity index (χ0n) is 48.9. The Balaban J connectivity index is 1.37. The van der Waals surface area contributed by atoms with Crippen LogP contribution in [0, 0.1) is 0 Å². The van der Waals surface area contributed by atoms with E-state index < -0.39 is 124 Å². The van der Waals surface area contributed by atoms with Gasteiger partial charge in [-0.25, -0.2) is 0 Å². The highest BCUT2D eigenvalue weighted by Crippen LogP contribution is 2.33. The second kappa shape index (κ2) is 44.3. The number of carbonyl (C=O) groups is 1. The molecular formula is C60H115NO18. The third-order valence-electron chi connectivity index (χ3n) is 16.4. The van der Waals surface area contributed by atoms with Gasteiger partial charge in [0.1, 0.15) is 73.2 Å². The molecule has 0 saturated carbocycles. The Hall–Kier alpha value is -1.21. The number of amides is 1. The first-order valence-electron chi connectivity index (χ1n) is 31.8. The maximum absolute atomic E-state index is 13.3. The number of rotatable bonds is 48. The summed E-state index contributed by atoms with van der Waals surface area (Å²) in [5.41, 5.74) is 0. The molecule has 79 heavy (non-hydrogen) atoms. The predicted octanol–water partition coefficient (Wildman–Crippen LogP) is 6.38. The fourth-order valence-corrected chi connectivity index (χ4v) is 11.2. The van der Waals surface area contributed by atoms with Crippen molar-refractivity contribution < 1.29 is 89.4 Å². The van der Waals surface area contributed by atoms with Gasteiger partial charge in [-0.1, -0.05) is 226 Å². The maximum atomic E-state index is 13.3. The smallest absolute Gasteiger partial charge is 0.220 e. The van der Waals surface area contributed by atoms with Gasteiger partial charge in [-0.15, -0.1) is 0 Å². The average molecular weight is 1140 g/mol. The van der Waals surface area contributed by atoms with Crippen LogP contribution in [0.5, 0.6) is 0 Å². The van der Waals surface area contributed by atoms with Crippen molar-refractivity contribution in [3.63, 3.8) is 0 Å². The third-order valence-corrected chi connectivity index (χ3v) is 16.4. The van der Waals surface area contributed by atoms with E-state index in [1.165, 1.54) is 167 Å². The molecule has 1 amide bonds. The van der Waals surface area contributed by atoms with E-state index in [4.69, 9.17) is 28.4 Å². The Morgan fingerprint density at radius 2 is 0.722 bits per heavy atom. The van der Waals surface area contributed by atoms with Crippen molar-refractivity contribution in [3.8, 4) is 0 Å². The Morgan fingerprint density at radius 3 is 1.10 bits per heavy atom. The molecule has 19 nitrogen and oxygen atoms in total. The van der Waals surface area contributed by atoms with Crippen LogP contribution in [0.2, 0.25) is 0 Å². The molecule has 3 heterocycles. The van der Waals surface area contributed by atoms with Crippen LogP contribution in [-0.2, 0) is 33.2 Å². The van der Waals surface area contributed by atoms with E-state index in [1.807, 2.05) is 0 Å². The Bertz CT molecular complexity index is 1450. The highest BCUT2D eigenvalue weighted by Gasteiger charge is 2.53. The number of nitrogens with one attached hydrogen (secondary N) is 1. The molecule has 0 radical (unpaired) electrons. The molecule has 3 rings (SSSR count). The molecule has 0 bridgehead atoms. The number of unbranched alkanes of at least 4 members (excludes halogenated alkanes) is 32. The second-order valence-corrected chi connectivity index (χ2v) is 23.2. The molecule has 19 heteroatoms. The van der Waals surface area contributed by atoms with Crippen LogP contribution >= 0.6 is 0 Å². The first-order chi connectivity index (χ1) is 38.3. The normalized spacial score (nSPS) is 30.2. The van der Waals surface area contributed by atoms with Crippen LogP contribution < -0.4 is 5.32 Å². The van der Waals surface area contributed by atoms with Crippen molar-refractivity contribution in [1.82, 2.24) is 5.32 Å². The summed E-state index contributed by atoms with van der Waals surface area (Å²) in [6.45, 7) is 1.77. The fraction of sp³-hybridized carbons (Fsp3) is 0.983. The standard InChI is InChI=1S/C60H115NO18/c1-3-5-7-9-11-13-14-15-16-17-18-19-20-21-22-23-24-25-26-27-28-29-30-32-34-36-38-48(66)61-43(44(65)37-35-33-31-12-10-8-6-4-2)42-74-58-54(72)51(69)56(46(40-63)76-58)79-60-55(73)52(70)57(47(41-64)77-60)78-59-53(71)50(68)49(67)45(39-62)75-59/h43-47,49-60,62-65,67-73H,3-42H2,1-2H3,(H,61,66). The van der Waals surface area contributed by atoms with Gasteiger partial charge in [0.25, 0.3) is 0 Å². The molecule has 17 atom stereocenters. The average Bonchev–Trinajstić information content (AvgIpc) is 3.50. The number of hydrogen-bond acceptors (Lipinski definition) is 18. The van der Waals surface area contributed by atoms with Crippen LogP contribution in [0.1, 0.15) is 245 Å². The van der Waals surface area contributed by atoms with Gasteiger partial charge in [-0.3, -0.25) is 4.79 Å². The lowest BCUT2D eigenvalue weighted by Gasteiger charge is -2.48. The topological polar surface area (TPSA) is 307 Å². The van der Waals surface area contributed by atoms with Crippen molar-refractivity contribution in [3.05, 3.63) is 0 Å². The molecule has 3 fully saturated rings. The summed E-state index contributed by atoms with van der Waals surface area (Å²) in [7, 11) is 0. The molecule has 3 aliphatic rings. The van der Waals surface area contributed by atoms with Gasteiger partial charge in [0.2, 0.25) is 5.91 Å². The molecule has 0 aromatic carbocycles. The molecule has 0 aliphatic carbocycles. The third kappa shape index (κ3) is 28.0. The van der Waals surface area contributed by atoms with Crippen molar-refractivity contribution in [2.45, 2.75) is 349 Å². The lowest BCUT2D eigenvalue weighted by Crippen LogP contribution is -2.66. The highest BCUT2D eigenvalue weighted by molar-refractivity contribution is 5.76. The molecule has 3 saturated heterocycles. The van der Waals surface area contributed by atoms with E-state index in [9.17, 15) is 61.0 Å². The lowest BCUT2D eigenvalue weighted by atomic mass is 9.96. The Kier molecular flexibility index (Phi) is 40.4. The monoisotopic (exact) mass is 1140 g/mol. The molecule has 0 aromatic rings. The number of hydrogen-bond donors (Lipinski definition) is 12. The van der Waals surface area contributed by atoms with Crippen molar-refractivity contribution >= 4 is 5.91 Å². The Morgan fingerprint density at radius 1 is 0.405 bits per heavy atom. The summed E-state index contributed by atoms with van der Waals surface area (Å²) in [5.74, 6) is -0.241. The summed E-state index contributed by atoms with van der Waals surface area (Å²) in [6, 6.07) is -0.878. The van der Waals surface area contributed by atoms with Crippen molar-refractivity contribution in [2.75, 3.05) is 26.4 Å². The SMILES string of the molecule is CCCCCCCCCCCCCCCCCCCCCCCCCCCCC(=O)NC(COC1OC(CO)C(OC2OC(CO)C(OC3OC(CO)C(O)C(O)C3O)C(O)C2O)C(O)C1O)C(O)CCCCCCCCCC.